The number of rotatable bonds is 8. The molecule has 1 saturated carbocycles. The third kappa shape index (κ3) is 4.75. The van der Waals surface area contributed by atoms with Gasteiger partial charge >= 0.3 is 0 Å². The summed E-state index contributed by atoms with van der Waals surface area (Å²) in [5, 5.41) is 0. The Morgan fingerprint density at radius 2 is 1.79 bits per heavy atom. The summed E-state index contributed by atoms with van der Waals surface area (Å²) in [6.07, 6.45) is 9.30. The Morgan fingerprint density at radius 1 is 1.16 bits per heavy atom. The summed E-state index contributed by atoms with van der Waals surface area (Å²) >= 11 is 0. The van der Waals surface area contributed by atoms with E-state index in [0.717, 1.165) is 18.4 Å². The third-order valence-electron chi connectivity index (χ3n) is 4.87. The molecule has 0 heterocycles. The van der Waals surface area contributed by atoms with Gasteiger partial charge in [-0.3, -0.25) is 0 Å². The maximum Gasteiger partial charge on any atom is 0.162 e. The monoisotopic (exact) mass is 270 g/mol. The zero-order valence-electron chi connectivity index (χ0n) is 13.7. The van der Waals surface area contributed by atoms with Gasteiger partial charge in [-0.05, 0) is 38.0 Å². The predicted molar refractivity (Wildman–Crippen MR) is 81.2 cm³/mol. The Hall–Kier alpha value is -0.0800. The molecular formula is C17H34O2. The zero-order valence-corrected chi connectivity index (χ0v) is 13.7. The van der Waals surface area contributed by atoms with Crippen LogP contribution in [0.4, 0.5) is 0 Å². The second-order valence-electron chi connectivity index (χ2n) is 6.80. The van der Waals surface area contributed by atoms with Crippen LogP contribution >= 0.6 is 0 Å². The molecule has 0 aromatic rings. The van der Waals surface area contributed by atoms with E-state index in [9.17, 15) is 0 Å². The summed E-state index contributed by atoms with van der Waals surface area (Å²) in [6, 6.07) is 0. The van der Waals surface area contributed by atoms with Crippen LogP contribution in [-0.2, 0) is 9.47 Å². The van der Waals surface area contributed by atoms with E-state index in [1.165, 1.54) is 44.9 Å². The van der Waals surface area contributed by atoms with E-state index in [0.29, 0.717) is 0 Å². The molecule has 0 saturated heterocycles. The lowest BCUT2D eigenvalue weighted by molar-refractivity contribution is -0.209. The Bertz CT molecular complexity index is 227. The molecule has 2 unspecified atom stereocenters. The van der Waals surface area contributed by atoms with Crippen LogP contribution < -0.4 is 0 Å². The van der Waals surface area contributed by atoms with Gasteiger partial charge in [-0.2, -0.15) is 0 Å². The lowest BCUT2D eigenvalue weighted by Gasteiger charge is -2.44. The van der Waals surface area contributed by atoms with Gasteiger partial charge in [-0.25, -0.2) is 0 Å². The molecule has 1 rings (SSSR count). The molecule has 2 atom stereocenters. The number of hydrogen-bond acceptors (Lipinski definition) is 2. The molecule has 0 N–H and O–H groups in total. The standard InChI is InChI=1S/C17H34O2/c1-6-19-16(18-5)17(4,13-12-14(2)3)15-10-8-7-9-11-15/h14-16H,6-13H2,1-5H3. The summed E-state index contributed by atoms with van der Waals surface area (Å²) in [6.45, 7) is 9.82. The van der Waals surface area contributed by atoms with E-state index in [4.69, 9.17) is 9.47 Å². The minimum absolute atomic E-state index is 0.0423. The molecule has 1 aliphatic rings. The van der Waals surface area contributed by atoms with Crippen molar-refractivity contribution in [2.45, 2.75) is 78.9 Å². The Labute approximate surface area is 120 Å². The highest BCUT2D eigenvalue weighted by molar-refractivity contribution is 4.88. The Kier molecular flexibility index (Phi) is 7.38. The molecule has 114 valence electrons. The van der Waals surface area contributed by atoms with Gasteiger partial charge in [0.25, 0.3) is 0 Å². The maximum atomic E-state index is 5.92. The average molecular weight is 270 g/mol. The van der Waals surface area contributed by atoms with E-state index in [1.54, 1.807) is 7.11 Å². The molecule has 2 nitrogen and oxygen atoms in total. The number of ether oxygens (including phenoxy) is 2. The van der Waals surface area contributed by atoms with Crippen LogP contribution in [0.2, 0.25) is 0 Å². The van der Waals surface area contributed by atoms with Gasteiger partial charge < -0.3 is 9.47 Å². The van der Waals surface area contributed by atoms with Gasteiger partial charge in [-0.1, -0.05) is 46.5 Å². The van der Waals surface area contributed by atoms with Crippen LogP contribution in [0, 0.1) is 17.3 Å². The van der Waals surface area contributed by atoms with Crippen LogP contribution in [0.1, 0.15) is 72.6 Å². The molecule has 0 spiro atoms. The zero-order chi connectivity index (χ0) is 14.3. The quantitative estimate of drug-likeness (QED) is 0.577. The predicted octanol–water partition coefficient (Wildman–Crippen LogP) is 5.02. The van der Waals surface area contributed by atoms with Gasteiger partial charge in [0.05, 0.1) is 0 Å². The SMILES string of the molecule is CCOC(OC)C(C)(CCC(C)C)C1CCCCC1. The third-order valence-corrected chi connectivity index (χ3v) is 4.87. The highest BCUT2D eigenvalue weighted by Gasteiger charge is 2.42. The molecule has 2 heteroatoms. The summed E-state index contributed by atoms with van der Waals surface area (Å²) in [4.78, 5) is 0. The van der Waals surface area contributed by atoms with Gasteiger partial charge in [0.2, 0.25) is 0 Å². The highest BCUT2D eigenvalue weighted by Crippen LogP contribution is 2.46. The molecule has 1 aliphatic carbocycles. The van der Waals surface area contributed by atoms with Crippen molar-refractivity contribution in [3.05, 3.63) is 0 Å². The summed E-state index contributed by atoms with van der Waals surface area (Å²) in [5.41, 5.74) is 0.176. The van der Waals surface area contributed by atoms with Crippen LogP contribution in [0.25, 0.3) is 0 Å². The van der Waals surface area contributed by atoms with Crippen molar-refractivity contribution in [3.63, 3.8) is 0 Å². The van der Waals surface area contributed by atoms with Crippen LogP contribution in [0.5, 0.6) is 0 Å². The van der Waals surface area contributed by atoms with Crippen molar-refractivity contribution < 1.29 is 9.47 Å². The molecule has 0 amide bonds. The van der Waals surface area contributed by atoms with E-state index in [-0.39, 0.29) is 11.7 Å². The summed E-state index contributed by atoms with van der Waals surface area (Å²) in [7, 11) is 1.80. The van der Waals surface area contributed by atoms with Crippen molar-refractivity contribution in [2.24, 2.45) is 17.3 Å². The fourth-order valence-corrected chi connectivity index (χ4v) is 3.56. The van der Waals surface area contributed by atoms with Crippen LogP contribution in [-0.4, -0.2) is 20.0 Å². The minimum atomic E-state index is -0.0423. The maximum absolute atomic E-state index is 5.92. The van der Waals surface area contributed by atoms with E-state index in [1.807, 2.05) is 0 Å². The largest absolute Gasteiger partial charge is 0.355 e. The fraction of sp³-hybridized carbons (Fsp3) is 1.00. The molecule has 0 radical (unpaired) electrons. The average Bonchev–Trinajstić information content (AvgIpc) is 2.43. The number of hydrogen-bond donors (Lipinski definition) is 0. The van der Waals surface area contributed by atoms with Crippen molar-refractivity contribution in [3.8, 4) is 0 Å². The van der Waals surface area contributed by atoms with Crippen molar-refractivity contribution >= 4 is 0 Å². The van der Waals surface area contributed by atoms with Crippen LogP contribution in [0.15, 0.2) is 0 Å². The first-order chi connectivity index (χ1) is 9.04. The lowest BCUT2D eigenvalue weighted by atomic mass is 9.66. The van der Waals surface area contributed by atoms with Crippen molar-refractivity contribution in [2.75, 3.05) is 13.7 Å². The minimum Gasteiger partial charge on any atom is -0.355 e. The van der Waals surface area contributed by atoms with E-state index in [2.05, 4.69) is 27.7 Å². The summed E-state index contributed by atoms with van der Waals surface area (Å²) in [5.74, 6) is 1.51. The van der Waals surface area contributed by atoms with Crippen molar-refractivity contribution in [1.82, 2.24) is 0 Å². The molecule has 0 aliphatic heterocycles. The van der Waals surface area contributed by atoms with Gasteiger partial charge in [0.15, 0.2) is 6.29 Å². The normalized spacial score (nSPS) is 22.4. The molecule has 0 bridgehead atoms. The summed E-state index contributed by atoms with van der Waals surface area (Å²) < 4.78 is 11.6. The molecule has 0 aromatic heterocycles. The topological polar surface area (TPSA) is 18.5 Å². The molecular weight excluding hydrogens is 236 g/mol. The molecule has 19 heavy (non-hydrogen) atoms. The Balaban J connectivity index is 2.79. The molecule has 1 fully saturated rings. The van der Waals surface area contributed by atoms with Gasteiger partial charge in [-0.15, -0.1) is 0 Å². The fourth-order valence-electron chi connectivity index (χ4n) is 3.56. The first-order valence-corrected chi connectivity index (χ1v) is 8.19. The van der Waals surface area contributed by atoms with E-state index < -0.39 is 0 Å². The van der Waals surface area contributed by atoms with Gasteiger partial charge in [0, 0.05) is 19.1 Å². The molecule has 0 aromatic carbocycles. The first kappa shape index (κ1) is 17.0. The Morgan fingerprint density at radius 3 is 2.26 bits per heavy atom. The first-order valence-electron chi connectivity index (χ1n) is 8.19. The second-order valence-corrected chi connectivity index (χ2v) is 6.80. The van der Waals surface area contributed by atoms with E-state index >= 15 is 0 Å². The highest BCUT2D eigenvalue weighted by atomic mass is 16.7. The second kappa shape index (κ2) is 8.26. The van der Waals surface area contributed by atoms with Crippen LogP contribution in [0.3, 0.4) is 0 Å². The van der Waals surface area contributed by atoms with Gasteiger partial charge in [0.1, 0.15) is 0 Å². The lowest BCUT2D eigenvalue weighted by Crippen LogP contribution is -2.43. The van der Waals surface area contributed by atoms with Crippen molar-refractivity contribution in [1.29, 1.82) is 0 Å². The number of methoxy groups -OCH3 is 1. The smallest absolute Gasteiger partial charge is 0.162 e.